The lowest BCUT2D eigenvalue weighted by Gasteiger charge is -2.17. The zero-order valence-electron chi connectivity index (χ0n) is 10.9. The highest BCUT2D eigenvalue weighted by Crippen LogP contribution is 2.22. The van der Waals surface area contributed by atoms with Crippen molar-refractivity contribution in [1.82, 2.24) is 14.9 Å². The van der Waals surface area contributed by atoms with Gasteiger partial charge in [0.15, 0.2) is 11.4 Å². The van der Waals surface area contributed by atoms with Crippen LogP contribution in [0.1, 0.15) is 26.5 Å². The van der Waals surface area contributed by atoms with Gasteiger partial charge in [0.05, 0.1) is 6.33 Å². The maximum Gasteiger partial charge on any atom is 0.354 e. The van der Waals surface area contributed by atoms with Gasteiger partial charge >= 0.3 is 5.97 Å². The number of carboxylic acid groups (broad SMARTS) is 1. The number of imidazole rings is 1. The summed E-state index contributed by atoms with van der Waals surface area (Å²) in [7, 11) is 1.54. The normalized spacial score (nSPS) is 10.4. The number of amides is 1. The number of benzene rings is 1. The molecule has 0 saturated carbocycles. The molecule has 110 valence electrons. The number of halogens is 2. The topological polar surface area (TPSA) is 86.3 Å². The highest BCUT2D eigenvalue weighted by atomic mass is 35.5. The van der Waals surface area contributed by atoms with E-state index in [0.717, 1.165) is 0 Å². The summed E-state index contributed by atoms with van der Waals surface area (Å²) >= 11 is 11.9. The van der Waals surface area contributed by atoms with Gasteiger partial charge in [0.25, 0.3) is 5.91 Å². The van der Waals surface area contributed by atoms with Gasteiger partial charge in [0.2, 0.25) is 0 Å². The summed E-state index contributed by atoms with van der Waals surface area (Å²) in [6.07, 6.45) is 1.17. The van der Waals surface area contributed by atoms with Crippen LogP contribution in [-0.4, -0.2) is 38.9 Å². The van der Waals surface area contributed by atoms with Crippen LogP contribution in [0.15, 0.2) is 24.5 Å². The van der Waals surface area contributed by atoms with Crippen molar-refractivity contribution in [3.63, 3.8) is 0 Å². The Balaban J connectivity index is 2.20. The van der Waals surface area contributed by atoms with Crippen molar-refractivity contribution in [1.29, 1.82) is 0 Å². The molecule has 2 rings (SSSR count). The monoisotopic (exact) mass is 327 g/mol. The maximum atomic E-state index is 12.2. The molecule has 0 radical (unpaired) electrons. The Morgan fingerprint density at radius 3 is 2.71 bits per heavy atom. The Morgan fingerprint density at radius 1 is 1.38 bits per heavy atom. The smallest absolute Gasteiger partial charge is 0.354 e. The molecule has 0 fully saturated rings. The molecule has 2 N–H and O–H groups in total. The van der Waals surface area contributed by atoms with Gasteiger partial charge in [-0.25, -0.2) is 9.78 Å². The van der Waals surface area contributed by atoms with Crippen molar-refractivity contribution in [2.75, 3.05) is 7.05 Å². The number of aromatic amines is 1. The number of carbonyl (C=O) groups excluding carboxylic acids is 1. The number of hydrogen-bond donors (Lipinski definition) is 2. The molecular weight excluding hydrogens is 317 g/mol. The van der Waals surface area contributed by atoms with Crippen molar-refractivity contribution in [2.45, 2.75) is 6.54 Å². The number of H-pyrrole nitrogens is 1. The first-order valence-corrected chi connectivity index (χ1v) is 6.61. The molecule has 21 heavy (non-hydrogen) atoms. The number of carbonyl (C=O) groups is 2. The van der Waals surface area contributed by atoms with Gasteiger partial charge in [-0.05, 0) is 17.7 Å². The van der Waals surface area contributed by atoms with E-state index < -0.39 is 11.9 Å². The third-order valence-corrected chi connectivity index (χ3v) is 3.41. The minimum absolute atomic E-state index is 0.143. The SMILES string of the molecule is CN(Cc1ccc(Cl)cc1Cl)C(=O)c1nc[nH]c1C(=O)O. The van der Waals surface area contributed by atoms with Gasteiger partial charge in [-0.3, -0.25) is 4.79 Å². The van der Waals surface area contributed by atoms with Crippen molar-refractivity contribution in [3.8, 4) is 0 Å². The molecule has 1 amide bonds. The predicted molar refractivity (Wildman–Crippen MR) is 77.8 cm³/mol. The third-order valence-electron chi connectivity index (χ3n) is 2.83. The van der Waals surface area contributed by atoms with Crippen LogP contribution in [0.3, 0.4) is 0 Å². The van der Waals surface area contributed by atoms with Crippen molar-refractivity contribution in [2.24, 2.45) is 0 Å². The van der Waals surface area contributed by atoms with Gasteiger partial charge in [-0.1, -0.05) is 29.3 Å². The highest BCUT2D eigenvalue weighted by molar-refractivity contribution is 6.35. The number of carboxylic acids is 1. The minimum Gasteiger partial charge on any atom is -0.477 e. The van der Waals surface area contributed by atoms with E-state index in [1.807, 2.05) is 0 Å². The molecule has 0 unspecified atom stereocenters. The molecule has 6 nitrogen and oxygen atoms in total. The van der Waals surface area contributed by atoms with E-state index in [4.69, 9.17) is 28.3 Å². The first kappa shape index (κ1) is 15.3. The van der Waals surface area contributed by atoms with E-state index in [9.17, 15) is 9.59 Å². The summed E-state index contributed by atoms with van der Waals surface area (Å²) in [4.78, 5) is 30.7. The largest absolute Gasteiger partial charge is 0.477 e. The number of nitrogens with zero attached hydrogens (tertiary/aromatic N) is 2. The number of nitrogens with one attached hydrogen (secondary N) is 1. The third kappa shape index (κ3) is 3.34. The van der Waals surface area contributed by atoms with Crippen LogP contribution in [0, 0.1) is 0 Å². The lowest BCUT2D eigenvalue weighted by molar-refractivity contribution is 0.0674. The van der Waals surface area contributed by atoms with E-state index in [-0.39, 0.29) is 17.9 Å². The number of aromatic carboxylic acids is 1. The van der Waals surface area contributed by atoms with Crippen LogP contribution >= 0.6 is 23.2 Å². The van der Waals surface area contributed by atoms with E-state index in [1.165, 1.54) is 18.3 Å². The standard InChI is InChI=1S/C13H11Cl2N3O3/c1-18(5-7-2-3-8(14)4-9(7)15)12(19)10-11(13(20)21)17-6-16-10/h2-4,6H,5H2,1H3,(H,16,17)(H,20,21). The first-order valence-electron chi connectivity index (χ1n) is 5.86. The van der Waals surface area contributed by atoms with Crippen LogP contribution in [0.25, 0.3) is 0 Å². The second kappa shape index (κ2) is 6.15. The van der Waals surface area contributed by atoms with Gasteiger partial charge in [-0.15, -0.1) is 0 Å². The molecule has 0 aliphatic rings. The van der Waals surface area contributed by atoms with E-state index in [1.54, 1.807) is 18.2 Å². The van der Waals surface area contributed by atoms with E-state index >= 15 is 0 Å². The minimum atomic E-state index is -1.24. The summed E-state index contributed by atoms with van der Waals surface area (Å²) in [6, 6.07) is 4.95. The average Bonchev–Trinajstić information content (AvgIpc) is 2.90. The van der Waals surface area contributed by atoms with Crippen LogP contribution in [-0.2, 0) is 6.54 Å². The Bertz CT molecular complexity index is 700. The van der Waals surface area contributed by atoms with E-state index in [2.05, 4.69) is 9.97 Å². The average molecular weight is 328 g/mol. The molecule has 8 heteroatoms. The summed E-state index contributed by atoms with van der Waals surface area (Å²) in [5.41, 5.74) is 0.313. The van der Waals surface area contributed by atoms with Crippen LogP contribution in [0.4, 0.5) is 0 Å². The summed E-state index contributed by atoms with van der Waals surface area (Å²) in [6.45, 7) is 0.209. The molecule has 0 bridgehead atoms. The van der Waals surface area contributed by atoms with Crippen molar-refractivity contribution < 1.29 is 14.7 Å². The summed E-state index contributed by atoms with van der Waals surface area (Å²) < 4.78 is 0. The molecule has 2 aromatic rings. The number of hydrogen-bond acceptors (Lipinski definition) is 3. The van der Waals surface area contributed by atoms with Crippen molar-refractivity contribution >= 4 is 35.1 Å². The number of aromatic nitrogens is 2. The van der Waals surface area contributed by atoms with Gasteiger partial charge < -0.3 is 15.0 Å². The van der Waals surface area contributed by atoms with E-state index in [0.29, 0.717) is 15.6 Å². The lowest BCUT2D eigenvalue weighted by Crippen LogP contribution is -2.28. The molecule has 0 saturated heterocycles. The molecule has 0 aliphatic heterocycles. The van der Waals surface area contributed by atoms with Crippen LogP contribution < -0.4 is 0 Å². The molecule has 1 aromatic heterocycles. The van der Waals surface area contributed by atoms with Gasteiger partial charge in [-0.2, -0.15) is 0 Å². The Hall–Kier alpha value is -2.05. The predicted octanol–water partition coefficient (Wildman–Crippen LogP) is 2.69. The Morgan fingerprint density at radius 2 is 2.10 bits per heavy atom. The fourth-order valence-electron chi connectivity index (χ4n) is 1.78. The molecule has 1 aromatic carbocycles. The van der Waals surface area contributed by atoms with Crippen molar-refractivity contribution in [3.05, 3.63) is 51.5 Å². The summed E-state index contributed by atoms with van der Waals surface area (Å²) in [5.74, 6) is -1.76. The second-order valence-electron chi connectivity index (χ2n) is 4.33. The fourth-order valence-corrected chi connectivity index (χ4v) is 2.25. The van der Waals surface area contributed by atoms with Crippen LogP contribution in [0.2, 0.25) is 10.0 Å². The van der Waals surface area contributed by atoms with Gasteiger partial charge in [0, 0.05) is 23.6 Å². The second-order valence-corrected chi connectivity index (χ2v) is 5.17. The number of rotatable bonds is 4. The van der Waals surface area contributed by atoms with Gasteiger partial charge in [0.1, 0.15) is 0 Å². The zero-order valence-corrected chi connectivity index (χ0v) is 12.4. The maximum absolute atomic E-state index is 12.2. The fraction of sp³-hybridized carbons (Fsp3) is 0.154. The lowest BCUT2D eigenvalue weighted by atomic mass is 10.2. The highest BCUT2D eigenvalue weighted by Gasteiger charge is 2.23. The zero-order chi connectivity index (χ0) is 15.6. The van der Waals surface area contributed by atoms with Crippen LogP contribution in [0.5, 0.6) is 0 Å². The molecule has 0 atom stereocenters. The first-order chi connectivity index (χ1) is 9.90. The molecule has 0 aliphatic carbocycles. The quantitative estimate of drug-likeness (QED) is 0.903. The molecular formula is C13H11Cl2N3O3. The summed E-state index contributed by atoms with van der Waals surface area (Å²) in [5, 5.41) is 9.90. The molecule has 0 spiro atoms. The Labute approximate surface area is 130 Å². The molecule has 1 heterocycles. The Kier molecular flexibility index (Phi) is 4.50.